The van der Waals surface area contributed by atoms with Crippen molar-refractivity contribution in [3.8, 4) is 0 Å². The molecule has 0 spiro atoms. The zero-order valence-electron chi connectivity index (χ0n) is 6.32. The summed E-state index contributed by atoms with van der Waals surface area (Å²) >= 11 is 0.489. The van der Waals surface area contributed by atoms with E-state index in [0.29, 0.717) is 27.9 Å². The van der Waals surface area contributed by atoms with E-state index < -0.39 is 0 Å². The molecule has 0 aromatic carbocycles. The molecule has 0 bridgehead atoms. The molecule has 0 aromatic heterocycles. The van der Waals surface area contributed by atoms with E-state index in [9.17, 15) is 4.79 Å². The minimum atomic E-state index is -0.293. The Morgan fingerprint density at radius 3 is 1.78 bits per heavy atom. The van der Waals surface area contributed by atoms with Crippen LogP contribution in [0.5, 0.6) is 0 Å². The van der Waals surface area contributed by atoms with E-state index >= 15 is 0 Å². The summed E-state index contributed by atoms with van der Waals surface area (Å²) < 4.78 is 4.77. The van der Waals surface area contributed by atoms with Crippen LogP contribution in [0.15, 0.2) is 0 Å². The summed E-state index contributed by atoms with van der Waals surface area (Å²) in [5, 5.41) is 0. The van der Waals surface area contributed by atoms with Gasteiger partial charge in [-0.2, -0.15) is 0 Å². The van der Waals surface area contributed by atoms with Gasteiger partial charge in [0.2, 0.25) is 0 Å². The first-order valence-electron chi connectivity index (χ1n) is 2.61. The molecule has 0 aliphatic rings. The van der Waals surface area contributed by atoms with Crippen LogP contribution in [0.3, 0.4) is 0 Å². The maximum absolute atomic E-state index is 10.3. The van der Waals surface area contributed by atoms with Crippen LogP contribution in [0.4, 0.5) is 4.79 Å². The molecule has 50 valence electrons. The quantitative estimate of drug-likeness (QED) is 0.455. The summed E-state index contributed by atoms with van der Waals surface area (Å²) in [5.41, 5.74) is -0.293. The smallest absolute Gasteiger partial charge is 0.412 e. The molecule has 0 amide bonds. The monoisotopic (exact) mass is 142 g/mol. The Labute approximate surface area is 72.5 Å². The molecule has 0 unspecified atom stereocenters. The fourth-order valence-electron chi connectivity index (χ4n) is 0.431. The van der Waals surface area contributed by atoms with Crippen molar-refractivity contribution in [2.24, 2.45) is 0 Å². The maximum atomic E-state index is 10.3. The fraction of sp³-hybridized carbons (Fsp3) is 0.800. The second kappa shape index (κ2) is 4.28. The molecular formula is C5H11NaO3. The molecule has 9 heavy (non-hydrogen) atoms. The summed E-state index contributed by atoms with van der Waals surface area (Å²) in [4.78, 5) is 10.3. The first kappa shape index (κ1) is 12.1. The van der Waals surface area contributed by atoms with Crippen LogP contribution in [0.1, 0.15) is 20.8 Å². The molecule has 4 heteroatoms. The zero-order valence-corrected chi connectivity index (χ0v) is 8.32. The van der Waals surface area contributed by atoms with E-state index in [-0.39, 0.29) is 14.3 Å². The van der Waals surface area contributed by atoms with Crippen LogP contribution in [-0.4, -0.2) is 42.2 Å². The molecule has 0 radical (unpaired) electrons. The summed E-state index contributed by atoms with van der Waals surface area (Å²) in [5.74, 6) is 0. The van der Waals surface area contributed by atoms with Crippen LogP contribution >= 0.6 is 0 Å². The Balaban J connectivity index is 0. The maximum Gasteiger partial charge on any atom is -0.412 e. The number of carbonyl (C=O) groups excluding carboxylic acids is 1. The Morgan fingerprint density at radius 2 is 1.78 bits per heavy atom. The molecule has 0 fully saturated rings. The fourth-order valence-corrected chi connectivity index (χ4v) is 1.04. The summed E-state index contributed by atoms with van der Waals surface area (Å²) in [7, 11) is 0. The van der Waals surface area contributed by atoms with E-state index in [1.807, 2.05) is 20.8 Å². The van der Waals surface area contributed by atoms with Gasteiger partial charge in [-0.15, -0.1) is 0 Å². The third-order valence-electron chi connectivity index (χ3n) is 0.450. The zero-order chi connectivity index (χ0) is 6.78. The van der Waals surface area contributed by atoms with Gasteiger partial charge in [-0.25, -0.2) is 0 Å². The van der Waals surface area contributed by atoms with E-state index in [1.165, 1.54) is 0 Å². The Morgan fingerprint density at radius 1 is 1.44 bits per heavy atom. The number of hydrogen-bond acceptors (Lipinski definition) is 2. The van der Waals surface area contributed by atoms with Gasteiger partial charge in [0.25, 0.3) is 0 Å². The van der Waals surface area contributed by atoms with Crippen molar-refractivity contribution in [1.29, 1.82) is 0 Å². The van der Waals surface area contributed by atoms with Crippen molar-refractivity contribution >= 4 is 31.1 Å². The predicted octanol–water partition coefficient (Wildman–Crippen LogP) is 0.265. The number of carbonyl (C=O) groups is 1. The first-order valence-corrected chi connectivity index (χ1v) is 3.61. The topological polar surface area (TPSA) is 57.8 Å². The number of rotatable bonds is 0. The van der Waals surface area contributed by atoms with Gasteiger partial charge in [0, 0.05) is 0 Å². The number of hydrogen-bond donors (Lipinski definition) is 0. The molecule has 0 rings (SSSR count). The molecule has 0 aliphatic carbocycles. The summed E-state index contributed by atoms with van der Waals surface area (Å²) in [6.07, 6.45) is 0. The Bertz CT molecular complexity index is 94.9. The van der Waals surface area contributed by atoms with E-state index in [4.69, 9.17) is 4.74 Å². The van der Waals surface area contributed by atoms with Crippen molar-refractivity contribution in [2.75, 3.05) is 0 Å². The van der Waals surface area contributed by atoms with Crippen molar-refractivity contribution in [3.63, 3.8) is 0 Å². The van der Waals surface area contributed by atoms with Gasteiger partial charge in [-0.1, -0.05) is 0 Å². The van der Waals surface area contributed by atoms with Crippen molar-refractivity contribution in [3.05, 3.63) is 0 Å². The minimum Gasteiger partial charge on any atom is -0.412 e. The molecule has 0 saturated heterocycles. The van der Waals surface area contributed by atoms with E-state index in [1.54, 1.807) is 0 Å². The van der Waals surface area contributed by atoms with Crippen molar-refractivity contribution in [1.82, 2.24) is 0 Å². The molecule has 0 atom stereocenters. The average Bonchev–Trinajstić information content (AvgIpc) is 1.21. The summed E-state index contributed by atoms with van der Waals surface area (Å²) in [6.45, 7) is 5.59. The van der Waals surface area contributed by atoms with Gasteiger partial charge in [0.15, 0.2) is 0 Å². The molecular weight excluding hydrogens is 131 g/mol. The van der Waals surface area contributed by atoms with Crippen molar-refractivity contribution in [2.45, 2.75) is 26.4 Å². The third-order valence-corrected chi connectivity index (χ3v) is 0.654. The third kappa shape index (κ3) is 11.8. The SMILES string of the molecule is CC(C)(C)O[C](=O)[Na].O. The Kier molecular flexibility index (Phi) is 5.77. The molecule has 0 aromatic rings. The van der Waals surface area contributed by atoms with E-state index in [0.717, 1.165) is 0 Å². The molecule has 2 N–H and O–H groups in total. The van der Waals surface area contributed by atoms with Crippen LogP contribution in [0.2, 0.25) is 0 Å². The van der Waals surface area contributed by atoms with Gasteiger partial charge < -0.3 is 5.48 Å². The summed E-state index contributed by atoms with van der Waals surface area (Å²) in [6, 6.07) is 0. The van der Waals surface area contributed by atoms with Gasteiger partial charge >= 0.3 is 67.1 Å². The van der Waals surface area contributed by atoms with Crippen LogP contribution in [0, 0.1) is 0 Å². The van der Waals surface area contributed by atoms with Gasteiger partial charge in [0.1, 0.15) is 0 Å². The van der Waals surface area contributed by atoms with Crippen LogP contribution in [-0.2, 0) is 4.74 Å². The van der Waals surface area contributed by atoms with Crippen LogP contribution in [0.25, 0.3) is 0 Å². The standard InChI is InChI=1S/C5H9O2.Na.H2O/c1-5(2,3)7-4-6;;/h1-3H3;;1H2. The largest absolute Gasteiger partial charge is 0.412 e. The normalized spacial score (nSPS) is 9.89. The Hall–Kier alpha value is 0.430. The van der Waals surface area contributed by atoms with Gasteiger partial charge in [-0.3, -0.25) is 0 Å². The molecule has 3 nitrogen and oxygen atoms in total. The average molecular weight is 142 g/mol. The van der Waals surface area contributed by atoms with Gasteiger partial charge in [-0.05, 0) is 0 Å². The molecule has 0 aliphatic heterocycles. The minimum absolute atomic E-state index is 0. The molecule has 0 saturated carbocycles. The van der Waals surface area contributed by atoms with E-state index in [2.05, 4.69) is 0 Å². The molecule has 0 heterocycles. The van der Waals surface area contributed by atoms with Crippen LogP contribution < -0.4 is 0 Å². The number of ether oxygens (including phenoxy) is 1. The van der Waals surface area contributed by atoms with Gasteiger partial charge in [0.05, 0.1) is 0 Å². The second-order valence-corrected chi connectivity index (χ2v) is 3.52. The van der Waals surface area contributed by atoms with Crippen molar-refractivity contribution < 1.29 is 15.0 Å². The second-order valence-electron chi connectivity index (χ2n) is 2.71. The first-order chi connectivity index (χ1) is 3.42. The predicted molar refractivity (Wildman–Crippen MR) is 35.6 cm³/mol.